The first-order valence-electron chi connectivity index (χ1n) is 9.57. The molecule has 0 N–H and O–H groups in total. The third-order valence-corrected chi connectivity index (χ3v) is 5.67. The number of rotatable bonds is 4. The van der Waals surface area contributed by atoms with Crippen LogP contribution in [0.25, 0.3) is 0 Å². The van der Waals surface area contributed by atoms with Gasteiger partial charge >= 0.3 is 6.03 Å². The maximum atomic E-state index is 13.2. The Morgan fingerprint density at radius 1 is 1.00 bits per heavy atom. The number of hydrogen-bond donors (Lipinski definition) is 0. The molecule has 2 saturated heterocycles. The van der Waals surface area contributed by atoms with Crippen molar-refractivity contribution in [1.82, 2.24) is 9.80 Å². The van der Waals surface area contributed by atoms with Crippen molar-refractivity contribution in [2.45, 2.75) is 13.0 Å². The quantitative estimate of drug-likeness (QED) is 0.716. The standard InChI is InChI=1S/C21H22ClFN4O2/c1-15-20(28)26(21(29)27(15)18-7-5-17(23)6-8-18)14-24-9-11-25(12-10-24)19-4-2-3-16(22)13-19/h2-8,13,15H,9-12,14H2,1H3/t15-/m1/s1. The number of urea groups is 1. The van der Waals surface area contributed by atoms with Crippen molar-refractivity contribution >= 4 is 34.9 Å². The second-order valence-electron chi connectivity index (χ2n) is 7.30. The minimum Gasteiger partial charge on any atom is -0.369 e. The van der Waals surface area contributed by atoms with Crippen LogP contribution in [0.5, 0.6) is 0 Å². The van der Waals surface area contributed by atoms with Crippen molar-refractivity contribution in [3.8, 4) is 0 Å². The lowest BCUT2D eigenvalue weighted by Gasteiger charge is -2.37. The predicted octanol–water partition coefficient (Wildman–Crippen LogP) is 3.42. The van der Waals surface area contributed by atoms with Crippen molar-refractivity contribution in [1.29, 1.82) is 0 Å². The molecule has 0 saturated carbocycles. The highest BCUT2D eigenvalue weighted by Gasteiger charge is 2.44. The van der Waals surface area contributed by atoms with E-state index in [0.29, 0.717) is 10.7 Å². The van der Waals surface area contributed by atoms with Crippen LogP contribution in [-0.4, -0.2) is 60.6 Å². The molecule has 2 aromatic rings. The summed E-state index contributed by atoms with van der Waals surface area (Å²) in [6.07, 6.45) is 0. The summed E-state index contributed by atoms with van der Waals surface area (Å²) in [6.45, 7) is 4.98. The van der Waals surface area contributed by atoms with Gasteiger partial charge in [0, 0.05) is 42.6 Å². The fourth-order valence-corrected chi connectivity index (χ4v) is 4.00. The van der Waals surface area contributed by atoms with Crippen LogP contribution in [0.4, 0.5) is 20.6 Å². The summed E-state index contributed by atoms with van der Waals surface area (Å²) in [4.78, 5) is 32.6. The molecule has 2 aromatic carbocycles. The Morgan fingerprint density at radius 2 is 1.69 bits per heavy atom. The van der Waals surface area contributed by atoms with Gasteiger partial charge in [-0.3, -0.25) is 14.6 Å². The van der Waals surface area contributed by atoms with E-state index >= 15 is 0 Å². The van der Waals surface area contributed by atoms with Crippen molar-refractivity contribution < 1.29 is 14.0 Å². The molecule has 0 radical (unpaired) electrons. The molecule has 0 aromatic heterocycles. The van der Waals surface area contributed by atoms with Crippen LogP contribution in [0.2, 0.25) is 5.02 Å². The Kier molecular flexibility index (Phi) is 5.43. The number of carbonyl (C=O) groups is 2. The highest BCUT2D eigenvalue weighted by molar-refractivity contribution is 6.30. The Balaban J connectivity index is 1.40. The topological polar surface area (TPSA) is 47.1 Å². The minimum atomic E-state index is -0.610. The Morgan fingerprint density at radius 3 is 2.34 bits per heavy atom. The molecule has 29 heavy (non-hydrogen) atoms. The van der Waals surface area contributed by atoms with Crippen molar-refractivity contribution in [3.63, 3.8) is 0 Å². The highest BCUT2D eigenvalue weighted by atomic mass is 35.5. The van der Waals surface area contributed by atoms with E-state index in [1.807, 2.05) is 24.3 Å². The summed E-state index contributed by atoms with van der Waals surface area (Å²) in [6, 6.07) is 12.4. The fraction of sp³-hybridized carbons (Fsp3) is 0.333. The summed E-state index contributed by atoms with van der Waals surface area (Å²) in [5, 5.41) is 0.702. The lowest BCUT2D eigenvalue weighted by molar-refractivity contribution is -0.128. The van der Waals surface area contributed by atoms with Crippen molar-refractivity contribution in [2.24, 2.45) is 0 Å². The molecule has 2 aliphatic heterocycles. The Hall–Kier alpha value is -2.64. The van der Waals surface area contributed by atoms with Crippen LogP contribution in [0.1, 0.15) is 6.92 Å². The molecule has 8 heteroatoms. The number of imide groups is 1. The molecule has 0 bridgehead atoms. The van der Waals surface area contributed by atoms with Gasteiger partial charge in [-0.25, -0.2) is 14.1 Å². The number of carbonyl (C=O) groups excluding carboxylic acids is 2. The third kappa shape index (κ3) is 3.93. The van der Waals surface area contributed by atoms with Gasteiger partial charge in [-0.05, 0) is 49.4 Å². The molecule has 152 valence electrons. The zero-order valence-electron chi connectivity index (χ0n) is 16.1. The summed E-state index contributed by atoms with van der Waals surface area (Å²) in [5.74, 6) is -0.620. The summed E-state index contributed by atoms with van der Waals surface area (Å²) < 4.78 is 13.2. The van der Waals surface area contributed by atoms with Gasteiger partial charge in [0.1, 0.15) is 11.9 Å². The largest absolute Gasteiger partial charge is 0.369 e. The molecule has 0 unspecified atom stereocenters. The van der Waals surface area contributed by atoms with Crippen LogP contribution in [0.15, 0.2) is 48.5 Å². The Labute approximate surface area is 174 Å². The van der Waals surface area contributed by atoms with Crippen LogP contribution in [0.3, 0.4) is 0 Å². The zero-order valence-corrected chi connectivity index (χ0v) is 16.8. The number of amides is 3. The number of nitrogens with zero attached hydrogens (tertiary/aromatic N) is 4. The normalized spacial score (nSPS) is 20.7. The number of hydrogen-bond acceptors (Lipinski definition) is 4. The summed E-state index contributed by atoms with van der Waals surface area (Å²) >= 11 is 6.08. The maximum absolute atomic E-state index is 13.2. The Bertz CT molecular complexity index is 915. The van der Waals surface area contributed by atoms with Gasteiger partial charge in [-0.2, -0.15) is 0 Å². The molecule has 3 amide bonds. The predicted molar refractivity (Wildman–Crippen MR) is 111 cm³/mol. The molecule has 1 atom stereocenters. The van der Waals surface area contributed by atoms with Gasteiger partial charge in [0.15, 0.2) is 0 Å². The molecule has 0 aliphatic carbocycles. The molecule has 4 rings (SSSR count). The first-order chi connectivity index (χ1) is 13.9. The van der Waals surface area contributed by atoms with E-state index in [0.717, 1.165) is 31.9 Å². The van der Waals surface area contributed by atoms with E-state index in [9.17, 15) is 14.0 Å². The monoisotopic (exact) mass is 416 g/mol. The molecule has 0 spiro atoms. The fourth-order valence-electron chi connectivity index (χ4n) is 3.81. The van der Waals surface area contributed by atoms with Crippen molar-refractivity contribution in [2.75, 3.05) is 42.6 Å². The van der Waals surface area contributed by atoms with Crippen LogP contribution in [-0.2, 0) is 4.79 Å². The SMILES string of the molecule is C[C@@H]1C(=O)N(CN2CCN(c3cccc(Cl)c3)CC2)C(=O)N1c1ccc(F)cc1. The third-order valence-electron chi connectivity index (χ3n) is 5.44. The average molecular weight is 417 g/mol. The number of piperazine rings is 1. The van der Waals surface area contributed by atoms with E-state index in [2.05, 4.69) is 9.80 Å². The lowest BCUT2D eigenvalue weighted by atomic mass is 10.2. The van der Waals surface area contributed by atoms with Gasteiger partial charge in [-0.15, -0.1) is 0 Å². The first kappa shape index (κ1) is 19.7. The van der Waals surface area contributed by atoms with Crippen LogP contribution < -0.4 is 9.80 Å². The van der Waals surface area contributed by atoms with E-state index in [1.54, 1.807) is 6.92 Å². The number of halogens is 2. The van der Waals surface area contributed by atoms with Crippen molar-refractivity contribution in [3.05, 3.63) is 59.4 Å². The average Bonchev–Trinajstić information content (AvgIpc) is 2.93. The van der Waals surface area contributed by atoms with Gasteiger partial charge < -0.3 is 4.90 Å². The summed E-state index contributed by atoms with van der Waals surface area (Å²) in [7, 11) is 0. The van der Waals surface area contributed by atoms with E-state index < -0.39 is 6.04 Å². The van der Waals surface area contributed by atoms with Gasteiger partial charge in [-0.1, -0.05) is 17.7 Å². The molecule has 2 heterocycles. The van der Waals surface area contributed by atoms with E-state index in [-0.39, 0.29) is 24.4 Å². The highest BCUT2D eigenvalue weighted by Crippen LogP contribution is 2.27. The first-order valence-corrected chi connectivity index (χ1v) is 9.95. The second-order valence-corrected chi connectivity index (χ2v) is 7.73. The smallest absolute Gasteiger partial charge is 0.333 e. The molecule has 2 aliphatic rings. The number of anilines is 2. The number of benzene rings is 2. The van der Waals surface area contributed by atoms with Crippen LogP contribution in [0, 0.1) is 5.82 Å². The lowest BCUT2D eigenvalue weighted by Crippen LogP contribution is -2.51. The zero-order chi connectivity index (χ0) is 20.5. The second kappa shape index (κ2) is 8.00. The molecular weight excluding hydrogens is 395 g/mol. The van der Waals surface area contributed by atoms with Gasteiger partial charge in [0.2, 0.25) is 0 Å². The molecule has 2 fully saturated rings. The minimum absolute atomic E-state index is 0.239. The summed E-state index contributed by atoms with van der Waals surface area (Å²) in [5.41, 5.74) is 1.59. The van der Waals surface area contributed by atoms with Crippen LogP contribution >= 0.6 is 11.6 Å². The van der Waals surface area contributed by atoms with Gasteiger partial charge in [0.25, 0.3) is 5.91 Å². The van der Waals surface area contributed by atoms with E-state index in [1.165, 1.54) is 34.1 Å². The van der Waals surface area contributed by atoms with Gasteiger partial charge in [0.05, 0.1) is 6.67 Å². The molecular formula is C21H22ClFN4O2. The molecule has 6 nitrogen and oxygen atoms in total. The maximum Gasteiger partial charge on any atom is 0.333 e. The van der Waals surface area contributed by atoms with E-state index in [4.69, 9.17) is 11.6 Å².